The second-order valence-electron chi connectivity index (χ2n) is 9.16. The Labute approximate surface area is 223 Å². The van der Waals surface area contributed by atoms with Gasteiger partial charge in [0.25, 0.3) is 5.91 Å². The van der Waals surface area contributed by atoms with E-state index in [1.807, 2.05) is 12.1 Å². The molecule has 0 N–H and O–H groups in total. The van der Waals surface area contributed by atoms with Crippen molar-refractivity contribution in [1.29, 1.82) is 0 Å². The molecule has 4 nitrogen and oxygen atoms in total. The number of hydrogen-bond acceptors (Lipinski definition) is 3. The van der Waals surface area contributed by atoms with Crippen molar-refractivity contribution in [1.82, 2.24) is 9.88 Å². The number of piperidine rings is 1. The number of fused-ring (bicyclic) bond motifs is 2. The molecule has 2 aromatic carbocycles. The number of rotatable bonds is 4. The van der Waals surface area contributed by atoms with Gasteiger partial charge < -0.3 is 4.90 Å². The average Bonchev–Trinajstić information content (AvgIpc) is 3.18. The minimum Gasteiger partial charge on any atom is -0.307 e. The van der Waals surface area contributed by atoms with Crippen LogP contribution in [0.3, 0.4) is 0 Å². The summed E-state index contributed by atoms with van der Waals surface area (Å²) in [7, 11) is 0. The molecule has 2 aliphatic heterocycles. The largest absolute Gasteiger partial charge is 0.307 e. The summed E-state index contributed by atoms with van der Waals surface area (Å²) >= 11 is 19.2. The van der Waals surface area contributed by atoms with Gasteiger partial charge in [0.05, 0.1) is 10.0 Å². The first-order valence-corrected chi connectivity index (χ1v) is 12.7. The third kappa shape index (κ3) is 4.75. The number of carbonyl (C=O) groups excluding carboxylic acids is 1. The topological polar surface area (TPSA) is 36.4 Å². The van der Waals surface area contributed by atoms with Crippen molar-refractivity contribution in [3.05, 3.63) is 98.3 Å². The van der Waals surface area contributed by atoms with Gasteiger partial charge in [-0.3, -0.25) is 9.69 Å². The summed E-state index contributed by atoms with van der Waals surface area (Å²) in [5.41, 5.74) is 2.16. The Bertz CT molecular complexity index is 1360. The third-order valence-electron chi connectivity index (χ3n) is 7.01. The molecule has 0 atom stereocenters. The second kappa shape index (κ2) is 10.1. The Morgan fingerprint density at radius 2 is 1.83 bits per heavy atom. The van der Waals surface area contributed by atoms with E-state index in [4.69, 9.17) is 34.8 Å². The molecule has 0 saturated carbocycles. The van der Waals surface area contributed by atoms with E-state index in [-0.39, 0.29) is 16.5 Å². The van der Waals surface area contributed by atoms with Gasteiger partial charge >= 0.3 is 0 Å². The van der Waals surface area contributed by atoms with Gasteiger partial charge in [-0.2, -0.15) is 0 Å². The van der Waals surface area contributed by atoms with Crippen LogP contribution in [0.4, 0.5) is 14.5 Å². The number of nitrogens with zero attached hydrogens (tertiary/aromatic N) is 3. The van der Waals surface area contributed by atoms with E-state index >= 15 is 0 Å². The zero-order valence-corrected chi connectivity index (χ0v) is 21.4. The van der Waals surface area contributed by atoms with E-state index in [9.17, 15) is 13.6 Å². The summed E-state index contributed by atoms with van der Waals surface area (Å²) in [6.45, 7) is 2.65. The molecule has 36 heavy (non-hydrogen) atoms. The molecular weight excluding hydrogens is 527 g/mol. The van der Waals surface area contributed by atoms with Gasteiger partial charge in [-0.25, -0.2) is 13.8 Å². The number of aromatic nitrogens is 1. The molecule has 3 aromatic rings. The van der Waals surface area contributed by atoms with E-state index in [1.165, 1.54) is 18.3 Å². The fraction of sp³-hybridized carbons (Fsp3) is 0.259. The van der Waals surface area contributed by atoms with Crippen LogP contribution in [0.1, 0.15) is 34.3 Å². The highest BCUT2D eigenvalue weighted by atomic mass is 35.5. The Morgan fingerprint density at radius 3 is 2.56 bits per heavy atom. The monoisotopic (exact) mass is 547 g/mol. The van der Waals surface area contributed by atoms with Crippen molar-refractivity contribution in [2.45, 2.75) is 18.3 Å². The first-order chi connectivity index (χ1) is 17.3. The predicted octanol–water partition coefficient (Wildman–Crippen LogP) is 7.03. The van der Waals surface area contributed by atoms with Gasteiger partial charge in [-0.15, -0.1) is 0 Å². The van der Waals surface area contributed by atoms with Crippen LogP contribution in [0.2, 0.25) is 15.2 Å². The third-order valence-corrected chi connectivity index (χ3v) is 8.02. The maximum absolute atomic E-state index is 13.9. The first-order valence-electron chi connectivity index (χ1n) is 11.5. The Balaban J connectivity index is 1.35. The zero-order valence-electron chi connectivity index (χ0n) is 19.2. The predicted molar refractivity (Wildman–Crippen MR) is 140 cm³/mol. The van der Waals surface area contributed by atoms with Crippen molar-refractivity contribution in [3.63, 3.8) is 0 Å². The van der Waals surface area contributed by atoms with Gasteiger partial charge in [0.1, 0.15) is 16.8 Å². The second-order valence-corrected chi connectivity index (χ2v) is 10.3. The normalized spacial score (nSPS) is 17.2. The highest BCUT2D eigenvalue weighted by Crippen LogP contribution is 2.52. The number of halogens is 5. The molecule has 186 valence electrons. The van der Waals surface area contributed by atoms with Crippen LogP contribution in [-0.2, 0) is 5.41 Å². The van der Waals surface area contributed by atoms with E-state index in [1.54, 1.807) is 29.2 Å². The molecule has 0 radical (unpaired) electrons. The lowest BCUT2D eigenvalue weighted by Gasteiger charge is -2.40. The van der Waals surface area contributed by atoms with Crippen molar-refractivity contribution in [2.24, 2.45) is 0 Å². The lowest BCUT2D eigenvalue weighted by Crippen LogP contribution is -2.46. The molecule has 1 fully saturated rings. The number of benzene rings is 2. The summed E-state index contributed by atoms with van der Waals surface area (Å²) < 4.78 is 27.0. The molecule has 0 aliphatic carbocycles. The number of amides is 1. The quantitative estimate of drug-likeness (QED) is 0.329. The van der Waals surface area contributed by atoms with E-state index < -0.39 is 11.6 Å². The Morgan fingerprint density at radius 1 is 1.06 bits per heavy atom. The molecule has 1 saturated heterocycles. The number of pyridine rings is 1. The summed E-state index contributed by atoms with van der Waals surface area (Å²) in [6.07, 6.45) is 6.62. The molecule has 0 bridgehead atoms. The molecule has 1 aromatic heterocycles. The van der Waals surface area contributed by atoms with E-state index in [0.717, 1.165) is 43.2 Å². The molecule has 0 unspecified atom stereocenters. The Hall–Kier alpha value is -2.51. The van der Waals surface area contributed by atoms with Gasteiger partial charge in [-0.1, -0.05) is 47.0 Å². The van der Waals surface area contributed by atoms with Crippen LogP contribution in [0.25, 0.3) is 6.08 Å². The van der Waals surface area contributed by atoms with Gasteiger partial charge in [-0.05, 0) is 62.3 Å². The van der Waals surface area contributed by atoms with E-state index in [0.29, 0.717) is 34.3 Å². The van der Waals surface area contributed by atoms with Crippen molar-refractivity contribution >= 4 is 52.5 Å². The summed E-state index contributed by atoms with van der Waals surface area (Å²) in [5, 5.41) is 1.20. The fourth-order valence-electron chi connectivity index (χ4n) is 5.15. The first kappa shape index (κ1) is 25.2. The smallest absolute Gasteiger partial charge is 0.258 e. The highest BCUT2D eigenvalue weighted by molar-refractivity contribution is 6.43. The SMILES string of the molecule is O=C(c1ccnc(Cl)c1)N1CC2(CCN(CC=Cc3ccc(F)cc3F)CC2)c2c1ccc(Cl)c2Cl. The molecule has 1 spiro atoms. The lowest BCUT2D eigenvalue weighted by molar-refractivity contribution is 0.0977. The molecular formula is C27H22Cl3F2N3O. The van der Waals surface area contributed by atoms with Crippen LogP contribution < -0.4 is 4.90 Å². The van der Waals surface area contributed by atoms with Crippen LogP contribution in [0.5, 0.6) is 0 Å². The maximum atomic E-state index is 13.9. The zero-order chi connectivity index (χ0) is 25.4. The fourth-order valence-corrected chi connectivity index (χ4v) is 5.84. The van der Waals surface area contributed by atoms with Crippen LogP contribution in [-0.4, -0.2) is 42.0 Å². The van der Waals surface area contributed by atoms with Gasteiger partial charge in [0.15, 0.2) is 0 Å². The number of likely N-dealkylation sites (tertiary alicyclic amines) is 1. The molecule has 3 heterocycles. The lowest BCUT2D eigenvalue weighted by atomic mass is 9.74. The molecule has 2 aliphatic rings. The van der Waals surface area contributed by atoms with Crippen LogP contribution in [0, 0.1) is 11.6 Å². The Kier molecular flexibility index (Phi) is 7.05. The van der Waals surface area contributed by atoms with Crippen molar-refractivity contribution < 1.29 is 13.6 Å². The molecule has 9 heteroatoms. The number of carbonyl (C=O) groups is 1. The minimum atomic E-state index is -0.596. The maximum Gasteiger partial charge on any atom is 0.258 e. The van der Waals surface area contributed by atoms with Crippen molar-refractivity contribution in [2.75, 3.05) is 31.1 Å². The average molecular weight is 549 g/mol. The highest BCUT2D eigenvalue weighted by Gasteiger charge is 2.48. The van der Waals surface area contributed by atoms with Crippen molar-refractivity contribution in [3.8, 4) is 0 Å². The van der Waals surface area contributed by atoms with Gasteiger partial charge in [0.2, 0.25) is 0 Å². The number of hydrogen-bond donors (Lipinski definition) is 0. The van der Waals surface area contributed by atoms with E-state index in [2.05, 4.69) is 9.88 Å². The molecule has 1 amide bonds. The summed E-state index contributed by atoms with van der Waals surface area (Å²) in [6, 6.07) is 10.3. The summed E-state index contributed by atoms with van der Waals surface area (Å²) in [5.74, 6) is -1.35. The van der Waals surface area contributed by atoms with Crippen LogP contribution in [0.15, 0.2) is 54.7 Å². The molecule has 5 rings (SSSR count). The standard InChI is InChI=1S/C27H22Cl3F2N3O/c28-20-5-6-22-24(25(20)30)27(16-35(22)26(36)18-7-10-33-23(29)14-18)8-12-34(13-9-27)11-1-2-17-3-4-19(31)15-21(17)32/h1-7,10,14-15H,8-9,11-13,16H2. The minimum absolute atomic E-state index is 0.164. The van der Waals surface area contributed by atoms with Crippen LogP contribution >= 0.6 is 34.8 Å². The van der Waals surface area contributed by atoms with Gasteiger partial charge in [0, 0.05) is 53.1 Å². The summed E-state index contributed by atoms with van der Waals surface area (Å²) in [4.78, 5) is 21.5. The number of anilines is 1.